The van der Waals surface area contributed by atoms with Crippen molar-refractivity contribution in [2.24, 2.45) is 0 Å². The normalized spacial score (nSPS) is 37.2. The van der Waals surface area contributed by atoms with E-state index in [9.17, 15) is 13.0 Å². The van der Waals surface area contributed by atoms with Gasteiger partial charge in [0.2, 0.25) is 0 Å². The van der Waals surface area contributed by atoms with Gasteiger partial charge in [0.15, 0.2) is 11.7 Å². The fraction of sp³-hybridized carbons (Fsp3) is 1.00. The van der Waals surface area contributed by atoms with E-state index in [-0.39, 0.29) is 29.6 Å². The van der Waals surface area contributed by atoms with E-state index in [1.54, 1.807) is 0 Å². The first-order chi connectivity index (χ1) is 4.43. The van der Waals surface area contributed by atoms with Gasteiger partial charge >= 0.3 is 29.6 Å². The van der Waals surface area contributed by atoms with Gasteiger partial charge in [0.1, 0.15) is 15.5 Å². The van der Waals surface area contributed by atoms with E-state index < -0.39 is 27.2 Å². The van der Waals surface area contributed by atoms with Crippen LogP contribution in [0, 0.1) is 0 Å². The Morgan fingerprint density at radius 3 is 2.09 bits per heavy atom. The van der Waals surface area contributed by atoms with E-state index in [1.807, 2.05) is 0 Å². The van der Waals surface area contributed by atoms with E-state index in [2.05, 4.69) is 4.74 Å². The van der Waals surface area contributed by atoms with Crippen LogP contribution in [0.4, 0.5) is 0 Å². The third-order valence-electron chi connectivity index (χ3n) is 1.09. The molecule has 1 heterocycles. The minimum Gasteiger partial charge on any atom is -0.746 e. The summed E-state index contributed by atoms with van der Waals surface area (Å²) in [5.41, 5.74) is -1.59. The second-order valence-electron chi connectivity index (χ2n) is 1.83. The molecular formula is C3H4ClNaO5S. The molecule has 0 aromatic rings. The van der Waals surface area contributed by atoms with Crippen molar-refractivity contribution in [2.45, 2.75) is 17.1 Å². The molecule has 3 unspecified atom stereocenters. The second-order valence-corrected chi connectivity index (χ2v) is 3.79. The van der Waals surface area contributed by atoms with Crippen molar-refractivity contribution in [3.8, 4) is 0 Å². The number of halogens is 1. The Hall–Kier alpha value is 1.12. The maximum Gasteiger partial charge on any atom is 1.00 e. The zero-order valence-electron chi connectivity index (χ0n) is 5.60. The predicted octanol–water partition coefficient (Wildman–Crippen LogP) is -4.18. The Bertz CT molecular complexity index is 228. The number of aliphatic hydroxyl groups excluding tert-OH is 1. The summed E-state index contributed by atoms with van der Waals surface area (Å²) >= 11 is 5.20. The molecule has 1 fully saturated rings. The molecule has 0 aromatic carbocycles. The first-order valence-electron chi connectivity index (χ1n) is 2.35. The summed E-state index contributed by atoms with van der Waals surface area (Å²) in [6.45, 7) is 0. The Morgan fingerprint density at radius 1 is 1.55 bits per heavy atom. The van der Waals surface area contributed by atoms with Gasteiger partial charge in [-0.15, -0.1) is 11.6 Å². The smallest absolute Gasteiger partial charge is 0.746 e. The van der Waals surface area contributed by atoms with Crippen molar-refractivity contribution < 1.29 is 52.4 Å². The molecule has 11 heavy (non-hydrogen) atoms. The number of alkyl halides is 1. The van der Waals surface area contributed by atoms with Gasteiger partial charge in [0, 0.05) is 0 Å². The van der Waals surface area contributed by atoms with Crippen LogP contribution in [0.1, 0.15) is 0 Å². The van der Waals surface area contributed by atoms with Crippen molar-refractivity contribution in [2.75, 3.05) is 0 Å². The van der Waals surface area contributed by atoms with E-state index in [0.29, 0.717) is 0 Å². The number of aliphatic hydroxyl groups is 1. The monoisotopic (exact) mass is 210 g/mol. The second kappa shape index (κ2) is 3.89. The first-order valence-corrected chi connectivity index (χ1v) is 4.26. The number of ether oxygens (including phenoxy) is 1. The summed E-state index contributed by atoms with van der Waals surface area (Å²) in [6, 6.07) is 0. The van der Waals surface area contributed by atoms with Gasteiger partial charge in [-0.1, -0.05) is 0 Å². The van der Waals surface area contributed by atoms with Gasteiger partial charge in [-0.2, -0.15) is 0 Å². The Morgan fingerprint density at radius 2 is 2.00 bits per heavy atom. The molecule has 1 N–H and O–H groups in total. The van der Waals surface area contributed by atoms with Gasteiger partial charge in [-0.05, 0) is 0 Å². The summed E-state index contributed by atoms with van der Waals surface area (Å²) in [7, 11) is -4.51. The standard InChI is InChI=1S/C3H5ClO5S.Na/c4-1-2(5)9-3(1)10(6,7)8;/h1-3,5H,(H,6,7,8);/q;+1/p-1. The Kier molecular flexibility index (Phi) is 4.28. The van der Waals surface area contributed by atoms with Crippen LogP contribution < -0.4 is 29.6 Å². The number of hydrogen-bond acceptors (Lipinski definition) is 5. The molecule has 3 atom stereocenters. The van der Waals surface area contributed by atoms with E-state index in [4.69, 9.17) is 16.7 Å². The molecule has 8 heteroatoms. The SMILES string of the molecule is O=S(=O)([O-])C1OC(O)C1Cl.[Na+]. The Balaban J connectivity index is 0.000001000. The van der Waals surface area contributed by atoms with Crippen molar-refractivity contribution in [1.82, 2.24) is 0 Å². The quantitative estimate of drug-likeness (QED) is 0.270. The number of rotatable bonds is 1. The molecule has 0 aliphatic carbocycles. The molecular weight excluding hydrogens is 207 g/mol. The van der Waals surface area contributed by atoms with Crippen LogP contribution in [0.5, 0.6) is 0 Å². The van der Waals surface area contributed by atoms with Gasteiger partial charge < -0.3 is 14.4 Å². The topological polar surface area (TPSA) is 86.7 Å². The van der Waals surface area contributed by atoms with Crippen molar-refractivity contribution >= 4 is 21.7 Å². The van der Waals surface area contributed by atoms with Crippen molar-refractivity contribution in [3.63, 3.8) is 0 Å². The molecule has 1 aliphatic heterocycles. The average molecular weight is 211 g/mol. The zero-order valence-corrected chi connectivity index (χ0v) is 9.17. The molecule has 0 bridgehead atoms. The minimum atomic E-state index is -4.51. The van der Waals surface area contributed by atoms with Crippen LogP contribution >= 0.6 is 11.6 Å². The van der Waals surface area contributed by atoms with E-state index in [1.165, 1.54) is 0 Å². The summed E-state index contributed by atoms with van der Waals surface area (Å²) in [6.07, 6.45) is -1.34. The number of hydrogen-bond donors (Lipinski definition) is 1. The first kappa shape index (κ1) is 12.1. The molecule has 60 valence electrons. The van der Waals surface area contributed by atoms with Gasteiger partial charge in [0.05, 0.1) is 0 Å². The molecule has 0 aromatic heterocycles. The molecule has 0 amide bonds. The predicted molar refractivity (Wildman–Crippen MR) is 30.2 cm³/mol. The maximum atomic E-state index is 10.1. The fourth-order valence-corrected chi connectivity index (χ4v) is 1.76. The van der Waals surface area contributed by atoms with Crippen LogP contribution in [0.3, 0.4) is 0 Å². The summed E-state index contributed by atoms with van der Waals surface area (Å²) in [5, 5.41) is 7.36. The van der Waals surface area contributed by atoms with E-state index >= 15 is 0 Å². The molecule has 1 rings (SSSR count). The molecule has 0 spiro atoms. The summed E-state index contributed by atoms with van der Waals surface area (Å²) < 4.78 is 34.4. The third-order valence-corrected chi connectivity index (χ3v) is 2.66. The van der Waals surface area contributed by atoms with Crippen LogP contribution in [-0.2, 0) is 14.9 Å². The Labute approximate surface area is 90.7 Å². The molecule has 0 saturated carbocycles. The molecule has 0 radical (unpaired) electrons. The van der Waals surface area contributed by atoms with Crippen molar-refractivity contribution in [3.05, 3.63) is 0 Å². The van der Waals surface area contributed by atoms with Crippen LogP contribution in [-0.4, -0.2) is 35.2 Å². The molecule has 1 aliphatic rings. The average Bonchev–Trinajstić information content (AvgIpc) is 1.79. The largest absolute Gasteiger partial charge is 1.00 e. The van der Waals surface area contributed by atoms with Crippen LogP contribution in [0.2, 0.25) is 0 Å². The molecule has 1 saturated heterocycles. The van der Waals surface area contributed by atoms with Gasteiger partial charge in [-0.25, -0.2) is 8.42 Å². The van der Waals surface area contributed by atoms with Crippen LogP contribution in [0.25, 0.3) is 0 Å². The van der Waals surface area contributed by atoms with Gasteiger partial charge in [0.25, 0.3) is 0 Å². The van der Waals surface area contributed by atoms with Crippen LogP contribution in [0.15, 0.2) is 0 Å². The van der Waals surface area contributed by atoms with Crippen molar-refractivity contribution in [1.29, 1.82) is 0 Å². The maximum absolute atomic E-state index is 10.1. The summed E-state index contributed by atoms with van der Waals surface area (Å²) in [4.78, 5) is 0. The van der Waals surface area contributed by atoms with Gasteiger partial charge in [-0.3, -0.25) is 0 Å². The fourth-order valence-electron chi connectivity index (χ4n) is 0.560. The molecule has 5 nitrogen and oxygen atoms in total. The van der Waals surface area contributed by atoms with E-state index in [0.717, 1.165) is 0 Å². The third kappa shape index (κ3) is 2.53. The minimum absolute atomic E-state index is 0. The summed E-state index contributed by atoms with van der Waals surface area (Å²) in [5.74, 6) is 0. The zero-order chi connectivity index (χ0) is 7.94.